The summed E-state index contributed by atoms with van der Waals surface area (Å²) in [5.74, 6) is -0.00379. The van der Waals surface area contributed by atoms with Crippen molar-refractivity contribution in [3.8, 4) is 0 Å². The minimum absolute atomic E-state index is 0. The van der Waals surface area contributed by atoms with E-state index >= 15 is 0 Å². The van der Waals surface area contributed by atoms with Gasteiger partial charge in [-0.25, -0.2) is 0 Å². The zero-order valence-electron chi connectivity index (χ0n) is 9.71. The third kappa shape index (κ3) is 4.12. The van der Waals surface area contributed by atoms with Crippen LogP contribution < -0.4 is 11.1 Å². The molecule has 0 aliphatic heterocycles. The molecule has 1 amide bonds. The molecule has 0 aromatic carbocycles. The van der Waals surface area contributed by atoms with Crippen LogP contribution >= 0.6 is 23.7 Å². The van der Waals surface area contributed by atoms with Crippen LogP contribution in [0.4, 0.5) is 0 Å². The molecule has 0 spiro atoms. The van der Waals surface area contributed by atoms with Gasteiger partial charge in [0.05, 0.1) is 4.88 Å². The number of nitrogens with two attached hydrogens (primary N) is 1. The second kappa shape index (κ2) is 7.65. The third-order valence-corrected chi connectivity index (χ3v) is 3.29. The average Bonchev–Trinajstić information content (AvgIpc) is 2.58. The first-order valence-electron chi connectivity index (χ1n) is 5.26. The lowest BCUT2D eigenvalue weighted by Gasteiger charge is -1.99. The van der Waals surface area contributed by atoms with Gasteiger partial charge in [-0.1, -0.05) is 13.3 Å². The van der Waals surface area contributed by atoms with E-state index < -0.39 is 0 Å². The Morgan fingerprint density at radius 2 is 2.25 bits per heavy atom. The molecule has 1 rings (SSSR count). The van der Waals surface area contributed by atoms with E-state index in [0.29, 0.717) is 13.1 Å². The number of thiophene rings is 1. The number of rotatable bonds is 5. The smallest absolute Gasteiger partial charge is 0.261 e. The van der Waals surface area contributed by atoms with Crippen molar-refractivity contribution < 1.29 is 4.79 Å². The molecule has 5 heteroatoms. The molecule has 16 heavy (non-hydrogen) atoms. The summed E-state index contributed by atoms with van der Waals surface area (Å²) in [5.41, 5.74) is 6.62. The molecule has 0 aliphatic rings. The van der Waals surface area contributed by atoms with E-state index in [1.165, 1.54) is 10.4 Å². The summed E-state index contributed by atoms with van der Waals surface area (Å²) in [6.45, 7) is 5.23. The highest BCUT2D eigenvalue weighted by Crippen LogP contribution is 2.22. The van der Waals surface area contributed by atoms with Crippen LogP contribution in [0, 0.1) is 6.92 Å². The van der Waals surface area contributed by atoms with Gasteiger partial charge >= 0.3 is 0 Å². The van der Waals surface area contributed by atoms with E-state index in [0.717, 1.165) is 17.7 Å². The summed E-state index contributed by atoms with van der Waals surface area (Å²) in [4.78, 5) is 13.7. The van der Waals surface area contributed by atoms with Crippen molar-refractivity contribution in [1.29, 1.82) is 0 Å². The SMILES string of the molecule is CCCc1cc(C(=O)NCCN)sc1C.Cl. The molecule has 0 radical (unpaired) electrons. The number of hydrogen-bond donors (Lipinski definition) is 2. The Bertz CT molecular complexity index is 339. The Hall–Kier alpha value is -0.580. The van der Waals surface area contributed by atoms with Crippen molar-refractivity contribution in [3.63, 3.8) is 0 Å². The normalized spacial score (nSPS) is 9.69. The number of carbonyl (C=O) groups is 1. The van der Waals surface area contributed by atoms with Gasteiger partial charge in [-0.3, -0.25) is 4.79 Å². The molecule has 0 saturated heterocycles. The van der Waals surface area contributed by atoms with Crippen LogP contribution in [0.3, 0.4) is 0 Å². The van der Waals surface area contributed by atoms with E-state index in [4.69, 9.17) is 5.73 Å². The van der Waals surface area contributed by atoms with Crippen molar-refractivity contribution in [2.24, 2.45) is 5.73 Å². The van der Waals surface area contributed by atoms with Crippen molar-refractivity contribution in [1.82, 2.24) is 5.32 Å². The maximum Gasteiger partial charge on any atom is 0.261 e. The minimum Gasteiger partial charge on any atom is -0.350 e. The quantitative estimate of drug-likeness (QED) is 0.854. The van der Waals surface area contributed by atoms with E-state index in [1.807, 2.05) is 6.07 Å². The van der Waals surface area contributed by atoms with Crippen LogP contribution in [-0.2, 0) is 6.42 Å². The molecule has 0 aliphatic carbocycles. The molecule has 1 heterocycles. The van der Waals surface area contributed by atoms with E-state index in [2.05, 4.69) is 19.2 Å². The zero-order valence-corrected chi connectivity index (χ0v) is 11.3. The first-order chi connectivity index (χ1) is 7.19. The monoisotopic (exact) mass is 262 g/mol. The van der Waals surface area contributed by atoms with Gasteiger partial charge in [0.25, 0.3) is 5.91 Å². The standard InChI is InChI=1S/C11H18N2OS.ClH/c1-3-4-9-7-10(15-8(9)2)11(14)13-6-5-12;/h7H,3-6,12H2,1-2H3,(H,13,14);1H. The van der Waals surface area contributed by atoms with Crippen molar-refractivity contribution in [3.05, 3.63) is 21.4 Å². The second-order valence-electron chi connectivity index (χ2n) is 3.49. The first kappa shape index (κ1) is 15.4. The Labute approximate surface area is 107 Å². The minimum atomic E-state index is -0.00379. The molecule has 92 valence electrons. The predicted molar refractivity (Wildman–Crippen MR) is 71.7 cm³/mol. The molecule has 0 atom stereocenters. The number of carbonyl (C=O) groups excluding carboxylic acids is 1. The van der Waals surface area contributed by atoms with Gasteiger partial charge in [0.15, 0.2) is 0 Å². The summed E-state index contributed by atoms with van der Waals surface area (Å²) in [5, 5.41) is 2.78. The van der Waals surface area contributed by atoms with Gasteiger partial charge in [-0.05, 0) is 25.0 Å². The lowest BCUT2D eigenvalue weighted by Crippen LogP contribution is -2.28. The predicted octanol–water partition coefficient (Wildman–Crippen LogP) is 2.12. The fraction of sp³-hybridized carbons (Fsp3) is 0.545. The Balaban J connectivity index is 0.00000225. The molecule has 0 saturated carbocycles. The lowest BCUT2D eigenvalue weighted by molar-refractivity contribution is 0.0958. The maximum atomic E-state index is 11.6. The molecule has 0 bridgehead atoms. The molecule has 0 fully saturated rings. The van der Waals surface area contributed by atoms with Crippen LogP contribution in [0.25, 0.3) is 0 Å². The Morgan fingerprint density at radius 3 is 2.81 bits per heavy atom. The summed E-state index contributed by atoms with van der Waals surface area (Å²) < 4.78 is 0. The highest BCUT2D eigenvalue weighted by Gasteiger charge is 2.10. The number of hydrogen-bond acceptors (Lipinski definition) is 3. The molecular weight excluding hydrogens is 244 g/mol. The van der Waals surface area contributed by atoms with Crippen LogP contribution in [0.2, 0.25) is 0 Å². The molecule has 3 nitrogen and oxygen atoms in total. The number of halogens is 1. The van der Waals surface area contributed by atoms with Crippen molar-refractivity contribution >= 4 is 29.7 Å². The topological polar surface area (TPSA) is 55.1 Å². The van der Waals surface area contributed by atoms with Gasteiger partial charge in [-0.15, -0.1) is 23.7 Å². The van der Waals surface area contributed by atoms with Crippen LogP contribution in [-0.4, -0.2) is 19.0 Å². The maximum absolute atomic E-state index is 11.6. The van der Waals surface area contributed by atoms with Gasteiger partial charge < -0.3 is 11.1 Å². The summed E-state index contributed by atoms with van der Waals surface area (Å²) in [6, 6.07) is 2.00. The van der Waals surface area contributed by atoms with Crippen molar-refractivity contribution in [2.75, 3.05) is 13.1 Å². The first-order valence-corrected chi connectivity index (χ1v) is 6.08. The fourth-order valence-electron chi connectivity index (χ4n) is 1.42. The third-order valence-electron chi connectivity index (χ3n) is 2.19. The number of amides is 1. The molecule has 1 aromatic heterocycles. The zero-order chi connectivity index (χ0) is 11.3. The Kier molecular flexibility index (Phi) is 7.38. The summed E-state index contributed by atoms with van der Waals surface area (Å²) >= 11 is 1.56. The molecule has 3 N–H and O–H groups in total. The Morgan fingerprint density at radius 1 is 1.56 bits per heavy atom. The molecule has 1 aromatic rings. The summed E-state index contributed by atoms with van der Waals surface area (Å²) in [7, 11) is 0. The van der Waals surface area contributed by atoms with Gasteiger partial charge in [0.2, 0.25) is 0 Å². The van der Waals surface area contributed by atoms with E-state index in [-0.39, 0.29) is 18.3 Å². The van der Waals surface area contributed by atoms with Crippen molar-refractivity contribution in [2.45, 2.75) is 26.7 Å². The average molecular weight is 263 g/mol. The van der Waals surface area contributed by atoms with Crippen LogP contribution in [0.5, 0.6) is 0 Å². The fourth-order valence-corrected chi connectivity index (χ4v) is 2.41. The highest BCUT2D eigenvalue weighted by molar-refractivity contribution is 7.14. The van der Waals surface area contributed by atoms with Gasteiger partial charge in [-0.2, -0.15) is 0 Å². The van der Waals surface area contributed by atoms with Crippen LogP contribution in [0.1, 0.15) is 33.5 Å². The lowest BCUT2D eigenvalue weighted by atomic mass is 10.1. The van der Waals surface area contributed by atoms with Gasteiger partial charge in [0.1, 0.15) is 0 Å². The van der Waals surface area contributed by atoms with E-state index in [9.17, 15) is 4.79 Å². The van der Waals surface area contributed by atoms with Crippen LogP contribution in [0.15, 0.2) is 6.07 Å². The van der Waals surface area contributed by atoms with Gasteiger partial charge in [0, 0.05) is 18.0 Å². The number of aryl methyl sites for hydroxylation is 2. The molecular formula is C11H19ClN2OS. The number of nitrogens with one attached hydrogen (secondary N) is 1. The highest BCUT2D eigenvalue weighted by atomic mass is 35.5. The molecule has 0 unspecified atom stereocenters. The van der Waals surface area contributed by atoms with E-state index in [1.54, 1.807) is 11.3 Å². The summed E-state index contributed by atoms with van der Waals surface area (Å²) in [6.07, 6.45) is 2.16. The largest absolute Gasteiger partial charge is 0.350 e. The second-order valence-corrected chi connectivity index (χ2v) is 4.74.